The third-order valence-electron chi connectivity index (χ3n) is 4.45. The summed E-state index contributed by atoms with van der Waals surface area (Å²) < 4.78 is 18.4. The van der Waals surface area contributed by atoms with Gasteiger partial charge < -0.3 is 9.84 Å². The van der Waals surface area contributed by atoms with Crippen molar-refractivity contribution in [1.29, 1.82) is 0 Å². The number of aryl methyl sites for hydroxylation is 2. The van der Waals surface area contributed by atoms with Gasteiger partial charge in [0, 0.05) is 29.1 Å². The van der Waals surface area contributed by atoms with Gasteiger partial charge in [0.05, 0.1) is 5.75 Å². The Morgan fingerprint density at radius 3 is 2.81 bits per heavy atom. The molecule has 2 heterocycles. The second-order valence-corrected chi connectivity index (χ2v) is 8.25. The van der Waals surface area contributed by atoms with Crippen molar-refractivity contribution >= 4 is 35.0 Å². The Balaban J connectivity index is 1.26. The van der Waals surface area contributed by atoms with Crippen LogP contribution in [-0.4, -0.2) is 31.2 Å². The number of aromatic nitrogens is 5. The maximum atomic E-state index is 13.2. The molecule has 11 heteroatoms. The van der Waals surface area contributed by atoms with Crippen molar-refractivity contribution < 1.29 is 13.7 Å². The van der Waals surface area contributed by atoms with Gasteiger partial charge in [0.2, 0.25) is 17.0 Å². The van der Waals surface area contributed by atoms with Crippen LogP contribution in [0.15, 0.2) is 52.1 Å². The zero-order valence-electron chi connectivity index (χ0n) is 16.9. The molecule has 8 nitrogen and oxygen atoms in total. The maximum Gasteiger partial charge on any atom is 0.227 e. The minimum atomic E-state index is -0.344. The number of hydrogen-bond acceptors (Lipinski definition) is 7. The van der Waals surface area contributed by atoms with E-state index in [9.17, 15) is 9.18 Å². The first-order valence-corrected chi connectivity index (χ1v) is 11.0. The van der Waals surface area contributed by atoms with Crippen LogP contribution in [0.2, 0.25) is 5.02 Å². The fraction of sp³-hybridized carbons (Fsp3) is 0.190. The van der Waals surface area contributed by atoms with E-state index >= 15 is 0 Å². The smallest absolute Gasteiger partial charge is 0.227 e. The van der Waals surface area contributed by atoms with Crippen molar-refractivity contribution in [3.63, 3.8) is 0 Å². The molecule has 0 bridgehead atoms. The fourth-order valence-corrected chi connectivity index (χ4v) is 3.60. The Bertz CT molecular complexity index is 1230. The van der Waals surface area contributed by atoms with Crippen LogP contribution in [0.25, 0.3) is 11.4 Å². The molecule has 0 radical (unpaired) electrons. The third kappa shape index (κ3) is 5.71. The maximum absolute atomic E-state index is 13.2. The normalized spacial score (nSPS) is 11.0. The van der Waals surface area contributed by atoms with Gasteiger partial charge in [0.1, 0.15) is 5.82 Å². The Hall–Kier alpha value is -3.24. The van der Waals surface area contributed by atoms with Crippen molar-refractivity contribution in [3.8, 4) is 11.4 Å². The lowest BCUT2D eigenvalue weighted by molar-refractivity contribution is -0.116. The summed E-state index contributed by atoms with van der Waals surface area (Å²) >= 11 is 7.26. The average Bonchev–Trinajstić information content (AvgIpc) is 3.43. The van der Waals surface area contributed by atoms with Crippen molar-refractivity contribution in [2.75, 3.05) is 5.32 Å². The molecule has 4 rings (SSSR count). The SMILES string of the molecule is Cc1cc(F)ccc1NC(=O)CCc1nc(CSc2n[nH]c(-c3ccc(Cl)cc3)n2)no1. The number of thioether (sulfide) groups is 1. The standard InChI is InChI=1S/C21H18ClFN6O2S/c1-12-10-15(23)6-7-16(12)24-18(30)8-9-19-25-17(29-31-19)11-32-21-26-20(27-28-21)13-2-4-14(22)5-3-13/h2-7,10H,8-9,11H2,1H3,(H,24,30)(H,26,27,28). The van der Waals surface area contributed by atoms with E-state index in [0.29, 0.717) is 51.1 Å². The summed E-state index contributed by atoms with van der Waals surface area (Å²) in [5.74, 6) is 1.34. The number of amides is 1. The summed E-state index contributed by atoms with van der Waals surface area (Å²) in [5.41, 5.74) is 2.11. The third-order valence-corrected chi connectivity index (χ3v) is 5.55. The highest BCUT2D eigenvalue weighted by atomic mass is 35.5. The van der Waals surface area contributed by atoms with Crippen LogP contribution in [-0.2, 0) is 17.0 Å². The lowest BCUT2D eigenvalue weighted by Gasteiger charge is -2.07. The highest BCUT2D eigenvalue weighted by Crippen LogP contribution is 2.23. The van der Waals surface area contributed by atoms with Crippen molar-refractivity contribution in [2.45, 2.75) is 30.7 Å². The van der Waals surface area contributed by atoms with Gasteiger partial charge in [-0.1, -0.05) is 28.5 Å². The summed E-state index contributed by atoms with van der Waals surface area (Å²) in [4.78, 5) is 20.9. The first-order chi connectivity index (χ1) is 15.5. The number of hydrogen-bond donors (Lipinski definition) is 2. The van der Waals surface area contributed by atoms with Gasteiger partial charge in [0.15, 0.2) is 11.6 Å². The Morgan fingerprint density at radius 1 is 1.22 bits per heavy atom. The molecule has 2 aromatic heterocycles. The van der Waals surface area contributed by atoms with Gasteiger partial charge in [0.25, 0.3) is 0 Å². The Labute approximate surface area is 192 Å². The molecule has 0 saturated carbocycles. The first-order valence-electron chi connectivity index (χ1n) is 9.65. The lowest BCUT2D eigenvalue weighted by Crippen LogP contribution is -2.13. The molecule has 0 unspecified atom stereocenters. The summed E-state index contributed by atoms with van der Waals surface area (Å²) in [5, 5.41) is 15.0. The van der Waals surface area contributed by atoms with Gasteiger partial charge in [-0.3, -0.25) is 9.89 Å². The number of nitrogens with one attached hydrogen (secondary N) is 2. The number of halogens is 2. The van der Waals surface area contributed by atoms with Crippen molar-refractivity contribution in [1.82, 2.24) is 25.3 Å². The monoisotopic (exact) mass is 472 g/mol. The summed E-state index contributed by atoms with van der Waals surface area (Å²) in [7, 11) is 0. The number of rotatable bonds is 8. The first kappa shape index (κ1) is 22.0. The second-order valence-electron chi connectivity index (χ2n) is 6.87. The summed E-state index contributed by atoms with van der Waals surface area (Å²) in [6.07, 6.45) is 0.460. The molecule has 0 aliphatic rings. The van der Waals surface area contributed by atoms with Crippen LogP contribution in [0.3, 0.4) is 0 Å². The quantitative estimate of drug-likeness (QED) is 0.354. The predicted octanol–water partition coefficient (Wildman–Crippen LogP) is 4.82. The molecule has 0 spiro atoms. The highest BCUT2D eigenvalue weighted by molar-refractivity contribution is 7.98. The van der Waals surface area contributed by atoms with E-state index in [4.69, 9.17) is 16.1 Å². The highest BCUT2D eigenvalue weighted by Gasteiger charge is 2.12. The number of anilines is 1. The van der Waals surface area contributed by atoms with Gasteiger partial charge in [-0.2, -0.15) is 4.98 Å². The minimum absolute atomic E-state index is 0.164. The number of aromatic amines is 1. The van der Waals surface area contributed by atoms with Gasteiger partial charge in [-0.15, -0.1) is 5.10 Å². The van der Waals surface area contributed by atoms with E-state index < -0.39 is 0 Å². The number of benzene rings is 2. The second kappa shape index (κ2) is 9.92. The zero-order chi connectivity index (χ0) is 22.5. The van der Waals surface area contributed by atoms with Crippen LogP contribution < -0.4 is 5.32 Å². The number of carbonyl (C=O) groups excluding carboxylic acids is 1. The van der Waals surface area contributed by atoms with Crippen molar-refractivity contribution in [2.24, 2.45) is 0 Å². The molecule has 164 valence electrons. The number of H-pyrrole nitrogens is 1. The van der Waals surface area contributed by atoms with Crippen LogP contribution in [0.5, 0.6) is 0 Å². The minimum Gasteiger partial charge on any atom is -0.339 e. The lowest BCUT2D eigenvalue weighted by atomic mass is 10.2. The van der Waals surface area contributed by atoms with Gasteiger partial charge >= 0.3 is 0 Å². The molecule has 0 fully saturated rings. The molecule has 2 N–H and O–H groups in total. The van der Waals surface area contributed by atoms with E-state index in [0.717, 1.165) is 5.56 Å². The van der Waals surface area contributed by atoms with Gasteiger partial charge in [-0.05, 0) is 55.0 Å². The molecular formula is C21H18ClFN6O2S. The van der Waals surface area contributed by atoms with Crippen LogP contribution in [0.1, 0.15) is 23.7 Å². The number of nitrogens with zero attached hydrogens (tertiary/aromatic N) is 4. The molecule has 0 aliphatic carbocycles. The molecular weight excluding hydrogens is 455 g/mol. The molecule has 0 aliphatic heterocycles. The molecule has 4 aromatic rings. The largest absolute Gasteiger partial charge is 0.339 e. The molecule has 0 saturated heterocycles. The van der Waals surface area contributed by atoms with E-state index in [1.165, 1.54) is 30.0 Å². The van der Waals surface area contributed by atoms with Crippen molar-refractivity contribution in [3.05, 3.63) is 70.6 Å². The van der Waals surface area contributed by atoms with E-state index in [1.807, 2.05) is 12.1 Å². The summed E-state index contributed by atoms with van der Waals surface area (Å²) in [6, 6.07) is 11.5. The zero-order valence-corrected chi connectivity index (χ0v) is 18.5. The van der Waals surface area contributed by atoms with E-state index in [-0.39, 0.29) is 18.1 Å². The van der Waals surface area contributed by atoms with Crippen LogP contribution >= 0.6 is 23.4 Å². The Morgan fingerprint density at radius 2 is 2.03 bits per heavy atom. The van der Waals surface area contributed by atoms with Gasteiger partial charge in [-0.25, -0.2) is 9.37 Å². The Kier molecular flexibility index (Phi) is 6.81. The van der Waals surface area contributed by atoms with E-state index in [1.54, 1.807) is 19.1 Å². The molecule has 32 heavy (non-hydrogen) atoms. The van der Waals surface area contributed by atoms with E-state index in [2.05, 4.69) is 30.6 Å². The van der Waals surface area contributed by atoms with Crippen LogP contribution in [0.4, 0.5) is 10.1 Å². The fourth-order valence-electron chi connectivity index (χ4n) is 2.83. The molecule has 1 amide bonds. The predicted molar refractivity (Wildman–Crippen MR) is 119 cm³/mol. The average molecular weight is 473 g/mol. The summed E-state index contributed by atoms with van der Waals surface area (Å²) in [6.45, 7) is 1.73. The molecule has 0 atom stereocenters. The molecule has 2 aromatic carbocycles. The number of carbonyl (C=O) groups is 1. The van der Waals surface area contributed by atoms with Crippen LogP contribution in [0, 0.1) is 12.7 Å². The topological polar surface area (TPSA) is 110 Å².